The zero-order chi connectivity index (χ0) is 14.7. The van der Waals surface area contributed by atoms with Crippen LogP contribution in [0.2, 0.25) is 0 Å². The highest BCUT2D eigenvalue weighted by atomic mass is 16.3. The average molecular weight is 275 g/mol. The Kier molecular flexibility index (Phi) is 4.81. The Morgan fingerprint density at radius 3 is 2.45 bits per heavy atom. The van der Waals surface area contributed by atoms with Gasteiger partial charge in [0.1, 0.15) is 0 Å². The van der Waals surface area contributed by atoms with Gasteiger partial charge in [0.2, 0.25) is 5.91 Å². The van der Waals surface area contributed by atoms with Crippen molar-refractivity contribution in [2.24, 2.45) is 5.92 Å². The van der Waals surface area contributed by atoms with Gasteiger partial charge in [-0.2, -0.15) is 0 Å². The van der Waals surface area contributed by atoms with E-state index < -0.39 is 0 Å². The maximum Gasteiger partial charge on any atom is 0.229 e. The molecule has 1 saturated carbocycles. The van der Waals surface area contributed by atoms with Crippen molar-refractivity contribution >= 4 is 5.91 Å². The largest absolute Gasteiger partial charge is 0.391 e. The standard InChI is InChI=1S/C17H25NO2/c1-4-13-5-7-14(8-6-13)12(2)17(20)18(3)11-16(19)15-9-10-15/h5-8,12,15-16,19H,4,9-11H2,1-3H3. The van der Waals surface area contributed by atoms with Crippen LogP contribution < -0.4 is 0 Å². The molecule has 0 heterocycles. The SMILES string of the molecule is CCc1ccc(C(C)C(=O)N(C)CC(O)C2CC2)cc1. The number of amides is 1. The zero-order valence-electron chi connectivity index (χ0n) is 12.7. The summed E-state index contributed by atoms with van der Waals surface area (Å²) in [5.41, 5.74) is 2.32. The van der Waals surface area contributed by atoms with Gasteiger partial charge in [-0.25, -0.2) is 0 Å². The van der Waals surface area contributed by atoms with Gasteiger partial charge in [-0.05, 0) is 43.2 Å². The molecule has 1 fully saturated rings. The minimum atomic E-state index is -0.362. The number of aliphatic hydroxyl groups is 1. The lowest BCUT2D eigenvalue weighted by atomic mass is 9.98. The molecule has 1 aliphatic rings. The molecule has 2 rings (SSSR count). The van der Waals surface area contributed by atoms with E-state index in [0.717, 1.165) is 24.8 Å². The van der Waals surface area contributed by atoms with E-state index in [1.807, 2.05) is 19.1 Å². The Labute approximate surface area is 121 Å². The third kappa shape index (κ3) is 3.60. The number of likely N-dealkylation sites (N-methyl/N-ethyl adjacent to an activating group) is 1. The zero-order valence-corrected chi connectivity index (χ0v) is 12.7. The van der Waals surface area contributed by atoms with Crippen LogP contribution in [0.15, 0.2) is 24.3 Å². The lowest BCUT2D eigenvalue weighted by Gasteiger charge is -2.24. The number of carbonyl (C=O) groups is 1. The Morgan fingerprint density at radius 2 is 1.95 bits per heavy atom. The lowest BCUT2D eigenvalue weighted by Crippen LogP contribution is -2.37. The number of nitrogens with zero attached hydrogens (tertiary/aromatic N) is 1. The van der Waals surface area contributed by atoms with Crippen molar-refractivity contribution in [1.29, 1.82) is 0 Å². The molecule has 1 aliphatic carbocycles. The monoisotopic (exact) mass is 275 g/mol. The summed E-state index contributed by atoms with van der Waals surface area (Å²) < 4.78 is 0. The molecule has 0 aromatic heterocycles. The predicted octanol–water partition coefficient (Wildman–Crippen LogP) is 2.58. The summed E-state index contributed by atoms with van der Waals surface area (Å²) in [5, 5.41) is 9.94. The summed E-state index contributed by atoms with van der Waals surface area (Å²) in [6.45, 7) is 4.50. The van der Waals surface area contributed by atoms with Crippen LogP contribution in [-0.4, -0.2) is 35.6 Å². The van der Waals surface area contributed by atoms with E-state index in [0.29, 0.717) is 12.5 Å². The molecule has 1 amide bonds. The first-order valence-electron chi connectivity index (χ1n) is 7.54. The minimum absolute atomic E-state index is 0.0777. The second-order valence-corrected chi connectivity index (χ2v) is 5.94. The smallest absolute Gasteiger partial charge is 0.229 e. The fourth-order valence-corrected chi connectivity index (χ4v) is 2.52. The number of carbonyl (C=O) groups excluding carboxylic acids is 1. The highest BCUT2D eigenvalue weighted by Gasteiger charge is 2.31. The summed E-state index contributed by atoms with van der Waals surface area (Å²) >= 11 is 0. The molecule has 2 atom stereocenters. The molecule has 0 saturated heterocycles. The predicted molar refractivity (Wildman–Crippen MR) is 80.6 cm³/mol. The van der Waals surface area contributed by atoms with E-state index in [4.69, 9.17) is 0 Å². The van der Waals surface area contributed by atoms with Crippen molar-refractivity contribution in [3.8, 4) is 0 Å². The Bertz CT molecular complexity index is 451. The van der Waals surface area contributed by atoms with Gasteiger partial charge in [0.15, 0.2) is 0 Å². The highest BCUT2D eigenvalue weighted by molar-refractivity contribution is 5.83. The Hall–Kier alpha value is -1.35. The summed E-state index contributed by atoms with van der Waals surface area (Å²) in [6.07, 6.45) is 2.84. The summed E-state index contributed by atoms with van der Waals surface area (Å²) in [4.78, 5) is 14.1. The third-order valence-corrected chi connectivity index (χ3v) is 4.26. The number of benzene rings is 1. The molecule has 0 bridgehead atoms. The quantitative estimate of drug-likeness (QED) is 0.867. The Balaban J connectivity index is 1.95. The highest BCUT2D eigenvalue weighted by Crippen LogP contribution is 2.33. The van der Waals surface area contributed by atoms with Crippen molar-refractivity contribution in [2.75, 3.05) is 13.6 Å². The van der Waals surface area contributed by atoms with Crippen molar-refractivity contribution in [3.05, 3.63) is 35.4 Å². The molecule has 2 unspecified atom stereocenters. The molecule has 20 heavy (non-hydrogen) atoms. The average Bonchev–Trinajstić information content (AvgIpc) is 3.30. The third-order valence-electron chi connectivity index (χ3n) is 4.26. The van der Waals surface area contributed by atoms with Crippen LogP contribution in [0, 0.1) is 5.92 Å². The summed E-state index contributed by atoms with van der Waals surface area (Å²) in [7, 11) is 1.78. The first-order valence-corrected chi connectivity index (χ1v) is 7.54. The van der Waals surface area contributed by atoms with E-state index in [1.165, 1.54) is 5.56 Å². The first kappa shape index (κ1) is 15.0. The van der Waals surface area contributed by atoms with Gasteiger partial charge in [-0.3, -0.25) is 4.79 Å². The molecule has 1 aromatic carbocycles. The molecule has 0 spiro atoms. The van der Waals surface area contributed by atoms with E-state index in [2.05, 4.69) is 19.1 Å². The Morgan fingerprint density at radius 1 is 1.35 bits per heavy atom. The molecular weight excluding hydrogens is 250 g/mol. The van der Waals surface area contributed by atoms with Gasteiger partial charge in [0.25, 0.3) is 0 Å². The van der Waals surface area contributed by atoms with E-state index in [1.54, 1.807) is 11.9 Å². The van der Waals surface area contributed by atoms with Crippen LogP contribution in [0.4, 0.5) is 0 Å². The molecule has 3 heteroatoms. The molecule has 1 aromatic rings. The number of hydrogen-bond acceptors (Lipinski definition) is 2. The van der Waals surface area contributed by atoms with Crippen LogP contribution in [0.5, 0.6) is 0 Å². The molecule has 0 radical (unpaired) electrons. The van der Waals surface area contributed by atoms with Gasteiger partial charge >= 0.3 is 0 Å². The van der Waals surface area contributed by atoms with Crippen LogP contribution >= 0.6 is 0 Å². The summed E-state index contributed by atoms with van der Waals surface area (Å²) in [5.74, 6) is 0.329. The van der Waals surface area contributed by atoms with Gasteiger partial charge in [0, 0.05) is 13.6 Å². The minimum Gasteiger partial charge on any atom is -0.391 e. The number of rotatable bonds is 6. The number of hydrogen-bond donors (Lipinski definition) is 1. The topological polar surface area (TPSA) is 40.5 Å². The van der Waals surface area contributed by atoms with Crippen LogP contribution in [-0.2, 0) is 11.2 Å². The molecule has 110 valence electrons. The second kappa shape index (κ2) is 6.40. The van der Waals surface area contributed by atoms with E-state index in [9.17, 15) is 9.90 Å². The second-order valence-electron chi connectivity index (χ2n) is 5.94. The molecule has 1 N–H and O–H groups in total. The van der Waals surface area contributed by atoms with Gasteiger partial charge in [-0.15, -0.1) is 0 Å². The summed E-state index contributed by atoms with van der Waals surface area (Å²) in [6, 6.07) is 8.23. The van der Waals surface area contributed by atoms with Gasteiger partial charge < -0.3 is 10.0 Å². The van der Waals surface area contributed by atoms with Crippen LogP contribution in [0.1, 0.15) is 43.7 Å². The van der Waals surface area contributed by atoms with Gasteiger partial charge in [-0.1, -0.05) is 31.2 Å². The van der Waals surface area contributed by atoms with Crippen molar-refractivity contribution < 1.29 is 9.90 Å². The maximum atomic E-state index is 12.4. The van der Waals surface area contributed by atoms with Gasteiger partial charge in [0.05, 0.1) is 12.0 Å². The normalized spacial score (nSPS) is 17.6. The van der Waals surface area contributed by atoms with E-state index >= 15 is 0 Å². The fraction of sp³-hybridized carbons (Fsp3) is 0.588. The molecule has 0 aliphatic heterocycles. The fourth-order valence-electron chi connectivity index (χ4n) is 2.52. The first-order chi connectivity index (χ1) is 9.52. The van der Waals surface area contributed by atoms with Crippen molar-refractivity contribution in [3.63, 3.8) is 0 Å². The van der Waals surface area contributed by atoms with E-state index in [-0.39, 0.29) is 17.9 Å². The number of aliphatic hydroxyl groups excluding tert-OH is 1. The lowest BCUT2D eigenvalue weighted by molar-refractivity contribution is -0.132. The van der Waals surface area contributed by atoms with Crippen molar-refractivity contribution in [1.82, 2.24) is 4.90 Å². The van der Waals surface area contributed by atoms with Crippen LogP contribution in [0.3, 0.4) is 0 Å². The molecular formula is C17H25NO2. The maximum absolute atomic E-state index is 12.4. The number of aryl methyl sites for hydroxylation is 1. The van der Waals surface area contributed by atoms with Crippen LogP contribution in [0.25, 0.3) is 0 Å². The van der Waals surface area contributed by atoms with Crippen molar-refractivity contribution in [2.45, 2.75) is 45.1 Å². The molecule has 3 nitrogen and oxygen atoms in total.